The van der Waals surface area contributed by atoms with Crippen molar-refractivity contribution in [2.24, 2.45) is 5.92 Å². The van der Waals surface area contributed by atoms with E-state index >= 15 is 0 Å². The van der Waals surface area contributed by atoms with Crippen LogP contribution in [-0.4, -0.2) is 38.7 Å². The van der Waals surface area contributed by atoms with Crippen LogP contribution >= 0.6 is 23.2 Å². The molecule has 0 aromatic carbocycles. The molecular formula is C16H25Cl2N3OSi. The van der Waals surface area contributed by atoms with Crippen LogP contribution in [0.2, 0.25) is 15.3 Å². The number of anilines is 1. The van der Waals surface area contributed by atoms with Gasteiger partial charge in [-0.3, -0.25) is 0 Å². The average Bonchev–Trinajstić information content (AvgIpc) is 2.47. The minimum Gasteiger partial charge on any atom is -0.412 e. The Kier molecular flexibility index (Phi) is 5.98. The fourth-order valence-electron chi connectivity index (χ4n) is 2.75. The SMILES string of the molecule is CC(C)(C)[Si]OC(C)(C)C1CCN(c2cc(Cl)nnc2Cl)CC1. The third-order valence-electron chi connectivity index (χ3n) is 4.14. The van der Waals surface area contributed by atoms with Gasteiger partial charge < -0.3 is 9.33 Å². The molecule has 1 aliphatic rings. The Labute approximate surface area is 151 Å². The Morgan fingerprint density at radius 3 is 2.30 bits per heavy atom. The van der Waals surface area contributed by atoms with E-state index in [0.717, 1.165) is 31.6 Å². The van der Waals surface area contributed by atoms with Gasteiger partial charge in [-0.15, -0.1) is 10.2 Å². The lowest BCUT2D eigenvalue weighted by Gasteiger charge is -2.42. The molecule has 0 amide bonds. The quantitative estimate of drug-likeness (QED) is 0.720. The van der Waals surface area contributed by atoms with E-state index in [-0.39, 0.29) is 10.6 Å². The zero-order valence-corrected chi connectivity index (χ0v) is 17.0. The van der Waals surface area contributed by atoms with Gasteiger partial charge in [-0.05, 0) is 37.6 Å². The third kappa shape index (κ3) is 5.31. The maximum atomic E-state index is 6.26. The van der Waals surface area contributed by atoms with Crippen molar-refractivity contribution in [3.05, 3.63) is 16.4 Å². The van der Waals surface area contributed by atoms with Crippen molar-refractivity contribution < 1.29 is 4.43 Å². The molecule has 2 rings (SSSR count). The molecule has 1 aliphatic heterocycles. The molecule has 23 heavy (non-hydrogen) atoms. The molecule has 2 radical (unpaired) electrons. The fraction of sp³-hybridized carbons (Fsp3) is 0.750. The first kappa shape index (κ1) is 19.0. The van der Waals surface area contributed by atoms with Crippen LogP contribution < -0.4 is 4.90 Å². The fourth-order valence-corrected chi connectivity index (χ4v) is 3.84. The first-order chi connectivity index (χ1) is 10.6. The smallest absolute Gasteiger partial charge is 0.236 e. The highest BCUT2D eigenvalue weighted by molar-refractivity contribution is 6.33. The van der Waals surface area contributed by atoms with Crippen molar-refractivity contribution in [2.75, 3.05) is 18.0 Å². The second-order valence-corrected chi connectivity index (χ2v) is 10.3. The number of hydrogen-bond donors (Lipinski definition) is 0. The molecule has 0 aliphatic carbocycles. The molecule has 7 heteroatoms. The maximum Gasteiger partial charge on any atom is 0.236 e. The van der Waals surface area contributed by atoms with Gasteiger partial charge >= 0.3 is 0 Å². The van der Waals surface area contributed by atoms with Crippen molar-refractivity contribution in [1.82, 2.24) is 10.2 Å². The summed E-state index contributed by atoms with van der Waals surface area (Å²) < 4.78 is 6.26. The Morgan fingerprint density at radius 2 is 1.74 bits per heavy atom. The van der Waals surface area contributed by atoms with E-state index in [1.807, 2.05) is 0 Å². The number of nitrogens with zero attached hydrogens (tertiary/aromatic N) is 3. The molecule has 1 fully saturated rings. The third-order valence-corrected chi connectivity index (χ3v) is 5.83. The maximum absolute atomic E-state index is 6.26. The van der Waals surface area contributed by atoms with Crippen LogP contribution in [0.25, 0.3) is 0 Å². The Bertz CT molecular complexity index is 541. The van der Waals surface area contributed by atoms with Gasteiger partial charge in [0, 0.05) is 19.2 Å². The first-order valence-electron chi connectivity index (χ1n) is 7.97. The number of rotatable bonds is 4. The minimum atomic E-state index is -0.101. The number of piperidine rings is 1. The summed E-state index contributed by atoms with van der Waals surface area (Å²) in [6.07, 6.45) is 2.13. The summed E-state index contributed by atoms with van der Waals surface area (Å²) in [5, 5.41) is 8.67. The highest BCUT2D eigenvalue weighted by atomic mass is 35.5. The van der Waals surface area contributed by atoms with Crippen LogP contribution in [0, 0.1) is 5.92 Å². The van der Waals surface area contributed by atoms with Crippen molar-refractivity contribution in [3.63, 3.8) is 0 Å². The molecule has 0 atom stereocenters. The lowest BCUT2D eigenvalue weighted by Crippen LogP contribution is -2.44. The van der Waals surface area contributed by atoms with Gasteiger partial charge in [-0.1, -0.05) is 44.0 Å². The summed E-state index contributed by atoms with van der Waals surface area (Å²) in [5.41, 5.74) is 0.774. The van der Waals surface area contributed by atoms with Crippen LogP contribution in [-0.2, 0) is 4.43 Å². The van der Waals surface area contributed by atoms with E-state index in [4.69, 9.17) is 27.6 Å². The summed E-state index contributed by atoms with van der Waals surface area (Å²) >= 11 is 12.1. The molecule has 0 unspecified atom stereocenters. The monoisotopic (exact) mass is 373 g/mol. The molecular weight excluding hydrogens is 349 g/mol. The molecule has 1 saturated heterocycles. The van der Waals surface area contributed by atoms with Crippen LogP contribution in [0.1, 0.15) is 47.5 Å². The summed E-state index contributed by atoms with van der Waals surface area (Å²) in [5.74, 6) is 0.539. The van der Waals surface area contributed by atoms with Crippen molar-refractivity contribution in [1.29, 1.82) is 0 Å². The molecule has 1 aromatic heterocycles. The molecule has 4 nitrogen and oxygen atoms in total. The van der Waals surface area contributed by atoms with Crippen LogP contribution in [0.3, 0.4) is 0 Å². The summed E-state index contributed by atoms with van der Waals surface area (Å²) in [6.45, 7) is 12.9. The first-order valence-corrected chi connectivity index (χ1v) is 9.64. The normalized spacial score (nSPS) is 17.6. The summed E-state index contributed by atoms with van der Waals surface area (Å²) in [6, 6.07) is 1.79. The average molecular weight is 374 g/mol. The van der Waals surface area contributed by atoms with E-state index in [1.54, 1.807) is 6.07 Å². The highest BCUT2D eigenvalue weighted by Crippen LogP contribution is 2.36. The molecule has 0 N–H and O–H groups in total. The van der Waals surface area contributed by atoms with E-state index in [0.29, 0.717) is 26.0 Å². The second-order valence-electron chi connectivity index (χ2n) is 7.66. The van der Waals surface area contributed by atoms with Crippen LogP contribution in [0.4, 0.5) is 5.69 Å². The predicted octanol–water partition coefficient (Wildman–Crippen LogP) is 4.63. The van der Waals surface area contributed by atoms with Gasteiger partial charge in [-0.25, -0.2) is 0 Å². The minimum absolute atomic E-state index is 0.101. The zero-order chi connectivity index (χ0) is 17.3. The van der Waals surface area contributed by atoms with E-state index in [2.05, 4.69) is 49.7 Å². The Balaban J connectivity index is 1.96. The van der Waals surface area contributed by atoms with Crippen LogP contribution in [0.5, 0.6) is 0 Å². The number of aromatic nitrogens is 2. The van der Waals surface area contributed by atoms with Gasteiger partial charge in [0.2, 0.25) is 9.76 Å². The standard InChI is InChI=1S/C16H25Cl2N3OSi/c1-15(2,3)23-22-16(4,5)11-6-8-21(9-7-11)12-10-13(17)19-20-14(12)18/h10-11H,6-9H2,1-5H3. The Morgan fingerprint density at radius 1 is 1.13 bits per heavy atom. The number of hydrogen-bond acceptors (Lipinski definition) is 4. The molecule has 128 valence electrons. The molecule has 1 aromatic rings. The van der Waals surface area contributed by atoms with E-state index in [1.165, 1.54) is 0 Å². The summed E-state index contributed by atoms with van der Waals surface area (Å²) in [4.78, 5) is 2.24. The molecule has 0 saturated carbocycles. The summed E-state index contributed by atoms with van der Waals surface area (Å²) in [7, 11) is 0.510. The second kappa shape index (κ2) is 7.26. The van der Waals surface area contributed by atoms with Crippen molar-refractivity contribution in [2.45, 2.75) is 58.1 Å². The van der Waals surface area contributed by atoms with E-state index < -0.39 is 0 Å². The van der Waals surface area contributed by atoms with Gasteiger partial charge in [0.15, 0.2) is 10.3 Å². The van der Waals surface area contributed by atoms with Crippen LogP contribution in [0.15, 0.2) is 6.07 Å². The zero-order valence-electron chi connectivity index (χ0n) is 14.5. The Hall–Kier alpha value is -0.363. The molecule has 0 bridgehead atoms. The van der Waals surface area contributed by atoms with Crippen molar-refractivity contribution >= 4 is 38.7 Å². The molecule has 2 heterocycles. The topological polar surface area (TPSA) is 38.2 Å². The van der Waals surface area contributed by atoms with Gasteiger partial charge in [0.25, 0.3) is 0 Å². The van der Waals surface area contributed by atoms with Gasteiger partial charge in [-0.2, -0.15) is 0 Å². The highest BCUT2D eigenvalue weighted by Gasteiger charge is 2.35. The molecule has 0 spiro atoms. The van der Waals surface area contributed by atoms with Gasteiger partial charge in [0.05, 0.1) is 11.3 Å². The largest absolute Gasteiger partial charge is 0.412 e. The lowest BCUT2D eigenvalue weighted by molar-refractivity contribution is 0.0312. The number of halogens is 2. The van der Waals surface area contributed by atoms with Crippen molar-refractivity contribution in [3.8, 4) is 0 Å². The lowest BCUT2D eigenvalue weighted by atomic mass is 9.83. The van der Waals surface area contributed by atoms with Gasteiger partial charge in [0.1, 0.15) is 0 Å². The van der Waals surface area contributed by atoms with E-state index in [9.17, 15) is 0 Å². The predicted molar refractivity (Wildman–Crippen MR) is 97.6 cm³/mol.